The van der Waals surface area contributed by atoms with E-state index in [1.807, 2.05) is 0 Å². The number of rotatable bonds is 5. The van der Waals surface area contributed by atoms with Crippen LogP contribution in [0.1, 0.15) is 5.56 Å². The first kappa shape index (κ1) is 18.1. The van der Waals surface area contributed by atoms with Crippen LogP contribution in [-0.4, -0.2) is 29.7 Å². The molecular formula is C16H12F3N3O3S. The molecule has 0 radical (unpaired) electrons. The summed E-state index contributed by atoms with van der Waals surface area (Å²) in [5.41, 5.74) is 1.85. The number of hydrogen-bond donors (Lipinski definition) is 1. The minimum absolute atomic E-state index is 0.0231. The molecule has 26 heavy (non-hydrogen) atoms. The van der Waals surface area contributed by atoms with Gasteiger partial charge >= 0.3 is 6.36 Å². The van der Waals surface area contributed by atoms with E-state index in [4.69, 9.17) is 4.55 Å². The highest BCUT2D eigenvalue weighted by molar-refractivity contribution is 7.78. The number of pyridine rings is 1. The zero-order valence-electron chi connectivity index (χ0n) is 13.1. The number of benzene rings is 1. The van der Waals surface area contributed by atoms with Crippen molar-refractivity contribution >= 4 is 11.1 Å². The Labute approximate surface area is 148 Å². The summed E-state index contributed by atoms with van der Waals surface area (Å²) in [6.45, 7) is 0. The van der Waals surface area contributed by atoms with Crippen molar-refractivity contribution in [2.24, 2.45) is 0 Å². The minimum atomic E-state index is -4.74. The van der Waals surface area contributed by atoms with E-state index in [9.17, 15) is 17.4 Å². The van der Waals surface area contributed by atoms with Gasteiger partial charge in [-0.15, -0.1) is 13.2 Å². The molecule has 3 aromatic rings. The first-order valence-electron chi connectivity index (χ1n) is 7.23. The van der Waals surface area contributed by atoms with E-state index in [1.54, 1.807) is 22.9 Å². The van der Waals surface area contributed by atoms with Gasteiger partial charge in [0.25, 0.3) is 0 Å². The summed E-state index contributed by atoms with van der Waals surface area (Å²) in [7, 11) is 0. The molecule has 0 aliphatic heterocycles. The molecule has 0 saturated carbocycles. The van der Waals surface area contributed by atoms with E-state index in [0.29, 0.717) is 22.6 Å². The molecule has 6 nitrogen and oxygen atoms in total. The van der Waals surface area contributed by atoms with Crippen LogP contribution < -0.4 is 4.74 Å². The van der Waals surface area contributed by atoms with Gasteiger partial charge in [-0.1, -0.05) is 6.07 Å². The van der Waals surface area contributed by atoms with Crippen molar-refractivity contribution in [1.82, 2.24) is 14.5 Å². The van der Waals surface area contributed by atoms with Crippen LogP contribution in [0.15, 0.2) is 55.1 Å². The Morgan fingerprint density at radius 2 is 1.85 bits per heavy atom. The predicted molar refractivity (Wildman–Crippen MR) is 88.0 cm³/mol. The van der Waals surface area contributed by atoms with E-state index >= 15 is 0 Å². The topological polar surface area (TPSA) is 77.2 Å². The van der Waals surface area contributed by atoms with Gasteiger partial charge in [-0.2, -0.15) is 0 Å². The summed E-state index contributed by atoms with van der Waals surface area (Å²) in [6, 6.07) is 8.73. The Morgan fingerprint density at radius 3 is 2.42 bits per heavy atom. The maximum atomic E-state index is 12.2. The fourth-order valence-electron chi connectivity index (χ4n) is 2.31. The number of halogens is 3. The average molecular weight is 383 g/mol. The van der Waals surface area contributed by atoms with Gasteiger partial charge in [0.15, 0.2) is 11.1 Å². The number of nitrogens with zero attached hydrogens (tertiary/aromatic N) is 3. The molecule has 0 aliphatic carbocycles. The van der Waals surface area contributed by atoms with Crippen molar-refractivity contribution < 1.29 is 26.7 Å². The highest BCUT2D eigenvalue weighted by Gasteiger charge is 2.31. The number of ether oxygens (including phenoxy) is 1. The molecule has 10 heteroatoms. The lowest BCUT2D eigenvalue weighted by Gasteiger charge is -2.10. The third-order valence-electron chi connectivity index (χ3n) is 3.37. The van der Waals surface area contributed by atoms with E-state index in [2.05, 4.69) is 14.7 Å². The summed E-state index contributed by atoms with van der Waals surface area (Å²) in [4.78, 5) is 8.28. The number of hydrogen-bond acceptors (Lipinski definition) is 4. The maximum Gasteiger partial charge on any atom is 0.573 e. The van der Waals surface area contributed by atoms with Crippen molar-refractivity contribution in [1.29, 1.82) is 0 Å². The Morgan fingerprint density at radius 1 is 1.12 bits per heavy atom. The molecule has 3 rings (SSSR count). The van der Waals surface area contributed by atoms with Gasteiger partial charge in [0, 0.05) is 11.8 Å². The zero-order chi connectivity index (χ0) is 18.7. The highest BCUT2D eigenvalue weighted by atomic mass is 32.2. The van der Waals surface area contributed by atoms with Crippen molar-refractivity contribution in [3.63, 3.8) is 0 Å². The quantitative estimate of drug-likeness (QED) is 0.682. The van der Waals surface area contributed by atoms with Crippen LogP contribution in [0.25, 0.3) is 17.1 Å². The number of alkyl halides is 3. The standard InChI is InChI=1S/C16H12F3N3O3S/c17-16(18,19)25-13-4-2-12(3-5-13)14-8-20-10-22(14)15-6-1-11(7-21-15)9-26(23)24/h1-8,10H,9H2,(H,23,24). The minimum Gasteiger partial charge on any atom is -0.406 e. The summed E-state index contributed by atoms with van der Waals surface area (Å²) in [5, 5.41) is 0. The van der Waals surface area contributed by atoms with Crippen molar-refractivity contribution in [2.75, 3.05) is 0 Å². The van der Waals surface area contributed by atoms with Gasteiger partial charge in [-0.05, 0) is 35.9 Å². The van der Waals surface area contributed by atoms with Gasteiger partial charge < -0.3 is 9.29 Å². The third kappa shape index (κ3) is 4.46. The molecule has 0 amide bonds. The third-order valence-corrected chi connectivity index (χ3v) is 3.95. The second-order valence-electron chi connectivity index (χ2n) is 5.21. The lowest BCUT2D eigenvalue weighted by Crippen LogP contribution is -2.16. The SMILES string of the molecule is O=S(O)Cc1ccc(-n2cncc2-c2ccc(OC(F)(F)F)cc2)nc1. The largest absolute Gasteiger partial charge is 0.573 e. The highest BCUT2D eigenvalue weighted by Crippen LogP contribution is 2.27. The molecule has 0 saturated heterocycles. The molecule has 0 fully saturated rings. The van der Waals surface area contributed by atoms with Crippen LogP contribution in [0, 0.1) is 0 Å². The van der Waals surface area contributed by atoms with Gasteiger partial charge in [-0.3, -0.25) is 4.57 Å². The summed E-state index contributed by atoms with van der Waals surface area (Å²) < 4.78 is 61.9. The fraction of sp³-hybridized carbons (Fsp3) is 0.125. The molecule has 0 bridgehead atoms. The first-order valence-corrected chi connectivity index (χ1v) is 8.51. The van der Waals surface area contributed by atoms with Crippen LogP contribution in [0.3, 0.4) is 0 Å². The second kappa shape index (κ2) is 7.26. The molecule has 0 aliphatic rings. The summed E-state index contributed by atoms with van der Waals surface area (Å²) >= 11 is -1.95. The molecule has 1 N–H and O–H groups in total. The van der Waals surface area contributed by atoms with Crippen LogP contribution in [-0.2, 0) is 16.8 Å². The number of aromatic nitrogens is 3. The van der Waals surface area contributed by atoms with E-state index in [0.717, 1.165) is 0 Å². The smallest absolute Gasteiger partial charge is 0.406 e. The van der Waals surface area contributed by atoms with Crippen LogP contribution >= 0.6 is 0 Å². The van der Waals surface area contributed by atoms with Gasteiger partial charge in [0.1, 0.15) is 17.9 Å². The second-order valence-corrected chi connectivity index (χ2v) is 6.14. The maximum absolute atomic E-state index is 12.2. The van der Waals surface area contributed by atoms with Crippen molar-refractivity contribution in [3.05, 3.63) is 60.7 Å². The summed E-state index contributed by atoms with van der Waals surface area (Å²) in [6.07, 6.45) is -0.194. The molecule has 1 unspecified atom stereocenters. The molecule has 1 atom stereocenters. The molecular weight excluding hydrogens is 371 g/mol. The van der Waals surface area contributed by atoms with Crippen molar-refractivity contribution in [2.45, 2.75) is 12.1 Å². The Balaban J connectivity index is 1.85. The predicted octanol–water partition coefficient (Wildman–Crippen LogP) is 3.55. The van der Waals surface area contributed by atoms with E-state index < -0.39 is 17.4 Å². The zero-order valence-corrected chi connectivity index (χ0v) is 13.9. The van der Waals surface area contributed by atoms with Gasteiger partial charge in [0.2, 0.25) is 0 Å². The van der Waals surface area contributed by atoms with Crippen LogP contribution in [0.2, 0.25) is 0 Å². The van der Waals surface area contributed by atoms with Crippen LogP contribution in [0.5, 0.6) is 5.75 Å². The molecule has 1 aromatic carbocycles. The Bertz CT molecular complexity index is 909. The lowest BCUT2D eigenvalue weighted by molar-refractivity contribution is -0.274. The molecule has 0 spiro atoms. The van der Waals surface area contributed by atoms with Gasteiger partial charge in [0.05, 0.1) is 17.6 Å². The monoisotopic (exact) mass is 383 g/mol. The van der Waals surface area contributed by atoms with Gasteiger partial charge in [-0.25, -0.2) is 14.2 Å². The average Bonchev–Trinajstić information content (AvgIpc) is 3.04. The molecule has 136 valence electrons. The van der Waals surface area contributed by atoms with E-state index in [-0.39, 0.29) is 11.5 Å². The Hall–Kier alpha value is -2.72. The number of imidazole rings is 1. The lowest BCUT2D eigenvalue weighted by atomic mass is 10.1. The van der Waals surface area contributed by atoms with Crippen LogP contribution in [0.4, 0.5) is 13.2 Å². The van der Waals surface area contributed by atoms with Crippen molar-refractivity contribution in [3.8, 4) is 22.8 Å². The first-order chi connectivity index (χ1) is 12.3. The molecule has 2 heterocycles. The summed E-state index contributed by atoms with van der Waals surface area (Å²) in [5.74, 6) is 0.178. The Kier molecular flexibility index (Phi) is 5.05. The normalized spacial score (nSPS) is 12.8. The fourth-order valence-corrected chi connectivity index (χ4v) is 2.76. The molecule has 2 aromatic heterocycles. The van der Waals surface area contributed by atoms with E-state index in [1.165, 1.54) is 36.8 Å².